The molecular formula is C12H12O4. The maximum Gasteiger partial charge on any atom is 0.224 e. The highest BCUT2D eigenvalue weighted by Crippen LogP contribution is 2.25. The van der Waals surface area contributed by atoms with Crippen molar-refractivity contribution in [3.63, 3.8) is 0 Å². The molecule has 0 N–H and O–H groups in total. The molecule has 84 valence electrons. The Kier molecular flexibility index (Phi) is 3.44. The number of rotatable bonds is 3. The molecule has 2 atom stereocenters. The number of carbonyl (C=O) groups is 2. The number of hydrogen-bond acceptors (Lipinski definition) is 4. The van der Waals surface area contributed by atoms with Gasteiger partial charge >= 0.3 is 0 Å². The van der Waals surface area contributed by atoms with Gasteiger partial charge in [-0.2, -0.15) is 0 Å². The van der Waals surface area contributed by atoms with E-state index < -0.39 is 18.2 Å². The van der Waals surface area contributed by atoms with E-state index in [-0.39, 0.29) is 0 Å². The zero-order valence-corrected chi connectivity index (χ0v) is 8.67. The van der Waals surface area contributed by atoms with Crippen LogP contribution >= 0.6 is 0 Å². The number of carbonyl (C=O) groups excluding carboxylic acids is 2. The van der Waals surface area contributed by atoms with Gasteiger partial charge in [-0.05, 0) is 0 Å². The first-order chi connectivity index (χ1) is 7.81. The zero-order valence-electron chi connectivity index (χ0n) is 8.67. The van der Waals surface area contributed by atoms with Crippen LogP contribution in [0.15, 0.2) is 30.3 Å². The van der Waals surface area contributed by atoms with Crippen molar-refractivity contribution in [1.29, 1.82) is 0 Å². The van der Waals surface area contributed by atoms with Crippen molar-refractivity contribution in [2.75, 3.05) is 6.61 Å². The Morgan fingerprint density at radius 3 is 2.75 bits per heavy atom. The van der Waals surface area contributed by atoms with Gasteiger partial charge in [0, 0.05) is 12.0 Å². The molecule has 0 spiro atoms. The van der Waals surface area contributed by atoms with Crippen molar-refractivity contribution in [3.05, 3.63) is 35.9 Å². The maximum atomic E-state index is 11.2. The van der Waals surface area contributed by atoms with Gasteiger partial charge in [0.25, 0.3) is 0 Å². The van der Waals surface area contributed by atoms with Gasteiger partial charge in [-0.25, -0.2) is 0 Å². The quantitative estimate of drug-likeness (QED) is 0.568. The van der Waals surface area contributed by atoms with Gasteiger partial charge in [-0.1, -0.05) is 30.3 Å². The molecule has 1 heterocycles. The van der Waals surface area contributed by atoms with Crippen LogP contribution in [0.5, 0.6) is 0 Å². The second-order valence-electron chi connectivity index (χ2n) is 3.55. The van der Waals surface area contributed by atoms with E-state index in [4.69, 9.17) is 9.47 Å². The lowest BCUT2D eigenvalue weighted by atomic mass is 10.1. The molecule has 1 aromatic carbocycles. The van der Waals surface area contributed by atoms with Gasteiger partial charge in [0.05, 0.1) is 6.61 Å². The third kappa shape index (κ3) is 2.35. The average Bonchev–Trinajstić information content (AvgIpc) is 2.39. The van der Waals surface area contributed by atoms with Crippen molar-refractivity contribution in [3.8, 4) is 0 Å². The molecular weight excluding hydrogens is 208 g/mol. The van der Waals surface area contributed by atoms with Crippen LogP contribution in [0.3, 0.4) is 0 Å². The SMILES string of the molecule is O=CC(=O)C1CCOC(c2ccccc2)O1. The summed E-state index contributed by atoms with van der Waals surface area (Å²) < 4.78 is 10.8. The van der Waals surface area contributed by atoms with Gasteiger partial charge in [-0.3, -0.25) is 9.59 Å². The number of hydrogen-bond donors (Lipinski definition) is 0. The van der Waals surface area contributed by atoms with E-state index in [2.05, 4.69) is 0 Å². The topological polar surface area (TPSA) is 52.6 Å². The standard InChI is InChI=1S/C12H12O4/c13-8-10(14)11-6-7-15-12(16-11)9-4-2-1-3-5-9/h1-5,8,11-12H,6-7H2. The van der Waals surface area contributed by atoms with E-state index in [9.17, 15) is 9.59 Å². The number of ether oxygens (including phenoxy) is 2. The minimum absolute atomic E-state index is 0.304. The number of benzene rings is 1. The predicted octanol–water partition coefficient (Wildman–Crippen LogP) is 1.26. The Labute approximate surface area is 93.2 Å². The Morgan fingerprint density at radius 2 is 2.06 bits per heavy atom. The summed E-state index contributed by atoms with van der Waals surface area (Å²) in [4.78, 5) is 21.6. The van der Waals surface area contributed by atoms with E-state index in [1.54, 1.807) is 0 Å². The van der Waals surface area contributed by atoms with Gasteiger partial charge in [0.15, 0.2) is 12.6 Å². The van der Waals surface area contributed by atoms with Crippen molar-refractivity contribution in [2.24, 2.45) is 0 Å². The van der Waals surface area contributed by atoms with Crippen molar-refractivity contribution >= 4 is 12.1 Å². The van der Waals surface area contributed by atoms with Crippen molar-refractivity contribution in [2.45, 2.75) is 18.8 Å². The van der Waals surface area contributed by atoms with Crippen LogP contribution in [0.4, 0.5) is 0 Å². The first kappa shape index (κ1) is 11.0. The van der Waals surface area contributed by atoms with Gasteiger partial charge in [0.2, 0.25) is 5.78 Å². The first-order valence-electron chi connectivity index (χ1n) is 5.12. The van der Waals surface area contributed by atoms with Crippen LogP contribution in [-0.2, 0) is 19.1 Å². The molecule has 2 rings (SSSR count). The summed E-state index contributed by atoms with van der Waals surface area (Å²) in [6.45, 7) is 0.420. The Hall–Kier alpha value is -1.52. The molecule has 0 amide bonds. The second kappa shape index (κ2) is 5.01. The van der Waals surface area contributed by atoms with E-state index in [0.717, 1.165) is 5.56 Å². The van der Waals surface area contributed by atoms with Crippen LogP contribution in [0.1, 0.15) is 18.3 Å². The van der Waals surface area contributed by atoms with Crippen LogP contribution in [0.25, 0.3) is 0 Å². The highest BCUT2D eigenvalue weighted by Gasteiger charge is 2.28. The maximum absolute atomic E-state index is 11.2. The Balaban J connectivity index is 2.07. The summed E-state index contributed by atoms with van der Waals surface area (Å²) in [5.74, 6) is -0.524. The molecule has 0 bridgehead atoms. The minimum atomic E-state index is -0.670. The molecule has 16 heavy (non-hydrogen) atoms. The van der Waals surface area contributed by atoms with Crippen LogP contribution in [0.2, 0.25) is 0 Å². The molecule has 4 heteroatoms. The molecule has 4 nitrogen and oxygen atoms in total. The van der Waals surface area contributed by atoms with Gasteiger partial charge < -0.3 is 9.47 Å². The van der Waals surface area contributed by atoms with Crippen molar-refractivity contribution < 1.29 is 19.1 Å². The molecule has 0 radical (unpaired) electrons. The van der Waals surface area contributed by atoms with Gasteiger partial charge in [0.1, 0.15) is 6.10 Å². The third-order valence-electron chi connectivity index (χ3n) is 2.44. The van der Waals surface area contributed by atoms with Crippen LogP contribution in [-0.4, -0.2) is 24.8 Å². The first-order valence-corrected chi connectivity index (χ1v) is 5.12. The third-order valence-corrected chi connectivity index (χ3v) is 2.44. The lowest BCUT2D eigenvalue weighted by Gasteiger charge is -2.28. The summed E-state index contributed by atoms with van der Waals surface area (Å²) in [5.41, 5.74) is 0.853. The van der Waals surface area contributed by atoms with E-state index in [1.165, 1.54) is 0 Å². The minimum Gasteiger partial charge on any atom is -0.348 e. The summed E-state index contributed by atoms with van der Waals surface area (Å²) in [7, 11) is 0. The summed E-state index contributed by atoms with van der Waals surface area (Å²) in [6, 6.07) is 9.34. The molecule has 1 saturated heterocycles. The number of aldehydes is 1. The highest BCUT2D eigenvalue weighted by atomic mass is 16.7. The average molecular weight is 220 g/mol. The molecule has 0 aliphatic carbocycles. The monoisotopic (exact) mass is 220 g/mol. The molecule has 1 aromatic rings. The largest absolute Gasteiger partial charge is 0.348 e. The highest BCUT2D eigenvalue weighted by molar-refractivity contribution is 6.27. The molecule has 0 aromatic heterocycles. The Bertz CT molecular complexity index is 374. The molecule has 2 unspecified atom stereocenters. The normalized spacial score (nSPS) is 25.0. The fourth-order valence-corrected chi connectivity index (χ4v) is 1.61. The van der Waals surface area contributed by atoms with E-state index in [0.29, 0.717) is 19.3 Å². The fourth-order valence-electron chi connectivity index (χ4n) is 1.61. The summed E-state index contributed by atoms with van der Waals surface area (Å²) in [6.07, 6.45) is -0.487. The predicted molar refractivity (Wildman–Crippen MR) is 55.7 cm³/mol. The second-order valence-corrected chi connectivity index (χ2v) is 3.55. The molecule has 1 aliphatic rings. The smallest absolute Gasteiger partial charge is 0.224 e. The Morgan fingerprint density at radius 1 is 1.31 bits per heavy atom. The van der Waals surface area contributed by atoms with Crippen molar-refractivity contribution in [1.82, 2.24) is 0 Å². The summed E-state index contributed by atoms with van der Waals surface area (Å²) >= 11 is 0. The molecule has 1 aliphatic heterocycles. The number of Topliss-reactive ketones (excluding diaryl/α,β-unsaturated/α-hetero) is 1. The van der Waals surface area contributed by atoms with Crippen LogP contribution < -0.4 is 0 Å². The summed E-state index contributed by atoms with van der Waals surface area (Å²) in [5, 5.41) is 0. The zero-order chi connectivity index (χ0) is 11.4. The lowest BCUT2D eigenvalue weighted by molar-refractivity contribution is -0.214. The van der Waals surface area contributed by atoms with Crippen LogP contribution in [0, 0.1) is 0 Å². The molecule has 1 fully saturated rings. The van der Waals surface area contributed by atoms with E-state index in [1.807, 2.05) is 30.3 Å². The van der Waals surface area contributed by atoms with E-state index >= 15 is 0 Å². The van der Waals surface area contributed by atoms with Gasteiger partial charge in [-0.15, -0.1) is 0 Å². The lowest BCUT2D eigenvalue weighted by Crippen LogP contribution is -2.33. The molecule has 0 saturated carbocycles. The fraction of sp³-hybridized carbons (Fsp3) is 0.333. The number of ketones is 1.